The van der Waals surface area contributed by atoms with Gasteiger partial charge in [0, 0.05) is 5.88 Å². The van der Waals surface area contributed by atoms with E-state index in [1.54, 1.807) is 6.08 Å². The topological polar surface area (TPSA) is 0 Å². The predicted octanol–water partition coefficient (Wildman–Crippen LogP) is 1.96. The van der Waals surface area contributed by atoms with Crippen LogP contribution in [0.3, 0.4) is 0 Å². The molecule has 0 aromatic heterocycles. The Morgan fingerprint density at radius 2 is 2.50 bits per heavy atom. The Morgan fingerprint density at radius 3 is 2.67 bits per heavy atom. The van der Waals surface area contributed by atoms with E-state index >= 15 is 0 Å². The van der Waals surface area contributed by atoms with E-state index in [-0.39, 0.29) is 0 Å². The molecular formula is C5H7Cl. The van der Waals surface area contributed by atoms with Crippen molar-refractivity contribution in [3.63, 3.8) is 0 Å². The van der Waals surface area contributed by atoms with Crippen molar-refractivity contribution >= 4 is 11.6 Å². The number of hydrogen-bond donors (Lipinski definition) is 0. The van der Waals surface area contributed by atoms with Crippen molar-refractivity contribution in [3.8, 4) is 0 Å². The molecule has 1 heteroatoms. The van der Waals surface area contributed by atoms with E-state index in [1.807, 2.05) is 13.0 Å². The van der Waals surface area contributed by atoms with Crippen molar-refractivity contribution in [1.82, 2.24) is 0 Å². The van der Waals surface area contributed by atoms with E-state index in [2.05, 4.69) is 5.73 Å². The summed E-state index contributed by atoms with van der Waals surface area (Å²) in [4.78, 5) is 0. The molecule has 0 unspecified atom stereocenters. The summed E-state index contributed by atoms with van der Waals surface area (Å²) in [5.41, 5.74) is 2.82. The molecule has 0 heterocycles. The van der Waals surface area contributed by atoms with Gasteiger partial charge in [0.1, 0.15) is 0 Å². The van der Waals surface area contributed by atoms with E-state index in [0.717, 1.165) is 0 Å². The Kier molecular flexibility index (Phi) is 4.66. The Morgan fingerprint density at radius 1 is 1.83 bits per heavy atom. The van der Waals surface area contributed by atoms with Crippen LogP contribution in [0.2, 0.25) is 0 Å². The second-order valence-electron chi connectivity index (χ2n) is 0.814. The highest BCUT2D eigenvalue weighted by Crippen LogP contribution is 1.72. The summed E-state index contributed by atoms with van der Waals surface area (Å²) in [5, 5.41) is 0. The van der Waals surface area contributed by atoms with Crippen LogP contribution in [0.4, 0.5) is 0 Å². The third-order valence-electron chi connectivity index (χ3n) is 0.362. The van der Waals surface area contributed by atoms with Gasteiger partial charge in [-0.2, -0.15) is 0 Å². The predicted molar refractivity (Wildman–Crippen MR) is 29.0 cm³/mol. The highest BCUT2D eigenvalue weighted by atomic mass is 35.5. The fourth-order valence-electron chi connectivity index (χ4n) is 0.162. The third kappa shape index (κ3) is 3.81. The molecule has 0 atom stereocenters. The molecule has 0 spiro atoms. The van der Waals surface area contributed by atoms with Gasteiger partial charge in [-0.1, -0.05) is 0 Å². The summed E-state index contributed by atoms with van der Waals surface area (Å²) in [7, 11) is 0. The third-order valence-corrected chi connectivity index (χ3v) is 0.516. The summed E-state index contributed by atoms with van der Waals surface area (Å²) in [5.74, 6) is 0.560. The molecule has 0 fully saturated rings. The first kappa shape index (κ1) is 5.81. The van der Waals surface area contributed by atoms with Crippen LogP contribution in [-0.2, 0) is 0 Å². The summed E-state index contributed by atoms with van der Waals surface area (Å²) < 4.78 is 0. The Hall–Kier alpha value is -0.190. The van der Waals surface area contributed by atoms with Gasteiger partial charge in [0.15, 0.2) is 0 Å². The first-order chi connectivity index (χ1) is 2.91. The molecule has 0 aromatic rings. The minimum atomic E-state index is 0.560. The lowest BCUT2D eigenvalue weighted by Crippen LogP contribution is -1.49. The first-order valence-corrected chi connectivity index (χ1v) is 2.36. The molecule has 0 nitrogen and oxygen atoms in total. The monoisotopic (exact) mass is 102 g/mol. The van der Waals surface area contributed by atoms with Crippen molar-refractivity contribution in [2.24, 2.45) is 0 Å². The molecule has 0 saturated heterocycles. The Balaban J connectivity index is 3.18. The van der Waals surface area contributed by atoms with Gasteiger partial charge in [0.05, 0.1) is 0 Å². The summed E-state index contributed by atoms with van der Waals surface area (Å²) in [6.07, 6.45) is 3.59. The minimum Gasteiger partial charge on any atom is -0.129 e. The molecule has 0 aromatic carbocycles. The molecule has 0 rings (SSSR count). The fourth-order valence-corrected chi connectivity index (χ4v) is 0.251. The molecule has 0 saturated carbocycles. The average Bonchev–Trinajstić information content (AvgIpc) is 1.61. The van der Waals surface area contributed by atoms with Crippen LogP contribution in [0.15, 0.2) is 17.9 Å². The largest absolute Gasteiger partial charge is 0.129 e. The molecule has 0 amide bonds. The van der Waals surface area contributed by atoms with Crippen LogP contribution in [0.5, 0.6) is 0 Å². The van der Waals surface area contributed by atoms with Gasteiger partial charge >= 0.3 is 0 Å². The van der Waals surface area contributed by atoms with Crippen molar-refractivity contribution in [2.45, 2.75) is 6.92 Å². The van der Waals surface area contributed by atoms with Crippen molar-refractivity contribution in [3.05, 3.63) is 17.9 Å². The van der Waals surface area contributed by atoms with Crippen molar-refractivity contribution in [2.75, 3.05) is 5.88 Å². The average molecular weight is 103 g/mol. The SMILES string of the molecule is CC=C=CCCl. The number of rotatable bonds is 1. The maximum Gasteiger partial charge on any atom is 0.0478 e. The van der Waals surface area contributed by atoms with Gasteiger partial charge in [0.25, 0.3) is 0 Å². The summed E-state index contributed by atoms with van der Waals surface area (Å²) in [6.45, 7) is 1.91. The van der Waals surface area contributed by atoms with Gasteiger partial charge in [-0.25, -0.2) is 0 Å². The molecule has 0 bridgehead atoms. The first-order valence-electron chi connectivity index (χ1n) is 1.83. The van der Waals surface area contributed by atoms with Crippen LogP contribution in [0.1, 0.15) is 6.92 Å². The lowest BCUT2D eigenvalue weighted by Gasteiger charge is -1.60. The van der Waals surface area contributed by atoms with Crippen LogP contribution in [-0.4, -0.2) is 5.88 Å². The van der Waals surface area contributed by atoms with E-state index in [1.165, 1.54) is 0 Å². The number of alkyl halides is 1. The highest BCUT2D eigenvalue weighted by molar-refractivity contribution is 6.18. The maximum absolute atomic E-state index is 5.24. The van der Waals surface area contributed by atoms with E-state index in [0.29, 0.717) is 5.88 Å². The molecule has 0 aliphatic heterocycles. The zero-order chi connectivity index (χ0) is 4.83. The smallest absolute Gasteiger partial charge is 0.0478 e. The second kappa shape index (κ2) is 4.81. The second-order valence-corrected chi connectivity index (χ2v) is 1.12. The molecule has 0 aliphatic carbocycles. The number of hydrogen-bond acceptors (Lipinski definition) is 0. The zero-order valence-electron chi connectivity index (χ0n) is 3.74. The maximum atomic E-state index is 5.24. The molecule has 6 heavy (non-hydrogen) atoms. The number of allylic oxidation sites excluding steroid dienone is 1. The Labute approximate surface area is 43.1 Å². The van der Waals surface area contributed by atoms with Crippen LogP contribution in [0, 0.1) is 0 Å². The van der Waals surface area contributed by atoms with Crippen molar-refractivity contribution < 1.29 is 0 Å². The lowest BCUT2D eigenvalue weighted by atomic mass is 10.6. The van der Waals surface area contributed by atoms with Gasteiger partial charge in [-0.05, 0) is 19.1 Å². The molecule has 0 aliphatic rings. The summed E-state index contributed by atoms with van der Waals surface area (Å²) in [6, 6.07) is 0. The van der Waals surface area contributed by atoms with E-state index in [4.69, 9.17) is 11.6 Å². The minimum absolute atomic E-state index is 0.560. The highest BCUT2D eigenvalue weighted by Gasteiger charge is 1.54. The van der Waals surface area contributed by atoms with E-state index in [9.17, 15) is 0 Å². The standard InChI is InChI=1S/C5H7Cl/c1-2-3-4-5-6/h2,4H,5H2,1H3. The lowest BCUT2D eigenvalue weighted by molar-refractivity contribution is 1.71. The fraction of sp³-hybridized carbons (Fsp3) is 0.400. The Bertz CT molecular complexity index is 68.0. The van der Waals surface area contributed by atoms with Gasteiger partial charge in [0.2, 0.25) is 0 Å². The van der Waals surface area contributed by atoms with Crippen molar-refractivity contribution in [1.29, 1.82) is 0 Å². The molecule has 0 N–H and O–H groups in total. The van der Waals surface area contributed by atoms with Gasteiger partial charge < -0.3 is 0 Å². The molecular weight excluding hydrogens is 95.5 g/mol. The van der Waals surface area contributed by atoms with Crippen LogP contribution >= 0.6 is 11.6 Å². The van der Waals surface area contributed by atoms with E-state index < -0.39 is 0 Å². The zero-order valence-corrected chi connectivity index (χ0v) is 4.50. The molecule has 34 valence electrons. The van der Waals surface area contributed by atoms with Gasteiger partial charge in [-0.15, -0.1) is 17.3 Å². The van der Waals surface area contributed by atoms with Gasteiger partial charge in [-0.3, -0.25) is 0 Å². The quantitative estimate of drug-likeness (QED) is 0.351. The number of halogens is 1. The van der Waals surface area contributed by atoms with Crippen LogP contribution < -0.4 is 0 Å². The normalized spacial score (nSPS) is 6.33. The summed E-state index contributed by atoms with van der Waals surface area (Å²) >= 11 is 5.24. The van der Waals surface area contributed by atoms with Crippen LogP contribution in [0.25, 0.3) is 0 Å². The molecule has 0 radical (unpaired) electrons.